The maximum absolute atomic E-state index is 5.40. The minimum atomic E-state index is 0.627. The van der Waals surface area contributed by atoms with Gasteiger partial charge in [0.1, 0.15) is 5.75 Å². The molecule has 0 aromatic heterocycles. The molecule has 0 aliphatic heterocycles. The zero-order chi connectivity index (χ0) is 12.8. The summed E-state index contributed by atoms with van der Waals surface area (Å²) in [6, 6.07) is 8.91. The fourth-order valence-electron chi connectivity index (χ4n) is 2.73. The van der Waals surface area contributed by atoms with Gasteiger partial charge in [0.25, 0.3) is 0 Å². The van der Waals surface area contributed by atoms with Crippen LogP contribution in [0.4, 0.5) is 0 Å². The van der Waals surface area contributed by atoms with Gasteiger partial charge in [-0.3, -0.25) is 0 Å². The van der Waals surface area contributed by atoms with Crippen LogP contribution in [-0.2, 0) is 0 Å². The van der Waals surface area contributed by atoms with Crippen LogP contribution in [-0.4, -0.2) is 26.0 Å². The van der Waals surface area contributed by atoms with Crippen LogP contribution >= 0.6 is 11.8 Å². The second-order valence-electron chi connectivity index (χ2n) is 4.90. The number of nitrogens with one attached hydrogen (secondary N) is 1. The molecule has 0 radical (unpaired) electrons. The first-order valence-electron chi connectivity index (χ1n) is 6.78. The van der Waals surface area contributed by atoms with Crippen LogP contribution in [0.3, 0.4) is 0 Å². The first-order valence-corrected chi connectivity index (χ1v) is 7.76. The molecule has 0 heterocycles. The molecule has 1 unspecified atom stereocenters. The van der Waals surface area contributed by atoms with Crippen molar-refractivity contribution >= 4 is 11.8 Å². The van der Waals surface area contributed by atoms with Gasteiger partial charge in [-0.05, 0) is 37.9 Å². The zero-order valence-corrected chi connectivity index (χ0v) is 12.1. The monoisotopic (exact) mass is 265 g/mol. The average molecular weight is 265 g/mol. The highest BCUT2D eigenvalue weighted by atomic mass is 32.2. The van der Waals surface area contributed by atoms with Gasteiger partial charge in [-0.15, -0.1) is 11.8 Å². The molecule has 1 N–H and O–H groups in total. The van der Waals surface area contributed by atoms with E-state index >= 15 is 0 Å². The molecule has 1 atom stereocenters. The molecule has 3 heteroatoms. The Morgan fingerprint density at radius 1 is 1.33 bits per heavy atom. The van der Waals surface area contributed by atoms with E-state index in [-0.39, 0.29) is 0 Å². The average Bonchev–Trinajstić information content (AvgIpc) is 2.94. The molecule has 1 aromatic carbocycles. The Balaban J connectivity index is 1.92. The fraction of sp³-hybridized carbons (Fsp3) is 0.600. The van der Waals surface area contributed by atoms with E-state index in [0.29, 0.717) is 6.04 Å². The van der Waals surface area contributed by atoms with Gasteiger partial charge in [-0.2, -0.15) is 0 Å². The smallest absolute Gasteiger partial charge is 0.132 e. The summed E-state index contributed by atoms with van der Waals surface area (Å²) < 4.78 is 5.40. The normalized spacial score (nSPS) is 17.9. The zero-order valence-electron chi connectivity index (χ0n) is 11.3. The summed E-state index contributed by atoms with van der Waals surface area (Å²) in [5.74, 6) is 2.97. The summed E-state index contributed by atoms with van der Waals surface area (Å²) in [6.45, 7) is 0. The number of ether oxygens (including phenoxy) is 1. The number of hydrogen-bond acceptors (Lipinski definition) is 3. The van der Waals surface area contributed by atoms with Crippen LogP contribution in [0.5, 0.6) is 5.75 Å². The van der Waals surface area contributed by atoms with Crippen molar-refractivity contribution in [3.8, 4) is 5.75 Å². The third kappa shape index (κ3) is 3.42. The number of hydrogen-bond donors (Lipinski definition) is 1. The summed E-state index contributed by atoms with van der Waals surface area (Å²) in [7, 11) is 3.83. The van der Waals surface area contributed by atoms with Crippen molar-refractivity contribution in [1.29, 1.82) is 0 Å². The molecular formula is C15H23NOS. The second-order valence-corrected chi connectivity index (χ2v) is 5.96. The van der Waals surface area contributed by atoms with Crippen LogP contribution in [0.1, 0.15) is 25.7 Å². The van der Waals surface area contributed by atoms with Crippen LogP contribution in [0.15, 0.2) is 29.2 Å². The highest BCUT2D eigenvalue weighted by Crippen LogP contribution is 2.33. The second kappa shape index (κ2) is 7.05. The molecule has 0 bridgehead atoms. The van der Waals surface area contributed by atoms with Crippen LogP contribution < -0.4 is 10.1 Å². The molecule has 0 saturated heterocycles. The number of para-hydroxylation sites is 1. The van der Waals surface area contributed by atoms with E-state index in [0.717, 1.165) is 17.4 Å². The molecule has 1 aliphatic rings. The summed E-state index contributed by atoms with van der Waals surface area (Å²) in [5, 5.41) is 3.49. The minimum Gasteiger partial charge on any atom is -0.496 e. The molecule has 1 fully saturated rings. The molecule has 1 aliphatic carbocycles. The Hall–Kier alpha value is -0.670. The van der Waals surface area contributed by atoms with E-state index < -0.39 is 0 Å². The lowest BCUT2D eigenvalue weighted by Crippen LogP contribution is -2.34. The number of thioether (sulfide) groups is 1. The van der Waals surface area contributed by atoms with Crippen molar-refractivity contribution in [2.45, 2.75) is 36.6 Å². The van der Waals surface area contributed by atoms with Gasteiger partial charge in [-0.25, -0.2) is 0 Å². The summed E-state index contributed by atoms with van der Waals surface area (Å²) >= 11 is 1.90. The van der Waals surface area contributed by atoms with E-state index in [2.05, 4.69) is 24.5 Å². The first-order chi connectivity index (χ1) is 8.85. The van der Waals surface area contributed by atoms with Crippen LogP contribution in [0, 0.1) is 5.92 Å². The SMILES string of the molecule is CNC(CSc1ccccc1OC)C1CCCC1. The standard InChI is InChI=1S/C15H23NOS/c1-16-13(12-7-3-4-8-12)11-18-15-10-6-5-9-14(15)17-2/h5-6,9-10,12-13,16H,3-4,7-8,11H2,1-2H3. The lowest BCUT2D eigenvalue weighted by Gasteiger charge is -2.22. The Morgan fingerprint density at radius 2 is 2.06 bits per heavy atom. The van der Waals surface area contributed by atoms with Crippen molar-refractivity contribution in [2.75, 3.05) is 19.9 Å². The topological polar surface area (TPSA) is 21.3 Å². The highest BCUT2D eigenvalue weighted by Gasteiger charge is 2.23. The van der Waals surface area contributed by atoms with Crippen molar-refractivity contribution in [3.63, 3.8) is 0 Å². The van der Waals surface area contributed by atoms with E-state index in [1.807, 2.05) is 23.9 Å². The maximum atomic E-state index is 5.40. The highest BCUT2D eigenvalue weighted by molar-refractivity contribution is 7.99. The number of benzene rings is 1. The molecule has 1 saturated carbocycles. The van der Waals surface area contributed by atoms with Crippen molar-refractivity contribution in [1.82, 2.24) is 5.32 Å². The summed E-state index contributed by atoms with van der Waals surface area (Å²) in [6.07, 6.45) is 5.58. The summed E-state index contributed by atoms with van der Waals surface area (Å²) in [4.78, 5) is 1.25. The Morgan fingerprint density at radius 3 is 2.72 bits per heavy atom. The molecule has 100 valence electrons. The first kappa shape index (κ1) is 13.8. The van der Waals surface area contributed by atoms with Gasteiger partial charge in [0.2, 0.25) is 0 Å². The Labute approximate surface area is 114 Å². The predicted octanol–water partition coefficient (Wildman–Crippen LogP) is 3.57. The molecule has 1 aromatic rings. The largest absolute Gasteiger partial charge is 0.496 e. The van der Waals surface area contributed by atoms with Crippen molar-refractivity contribution < 1.29 is 4.74 Å². The lowest BCUT2D eigenvalue weighted by atomic mass is 10.0. The van der Waals surface area contributed by atoms with Crippen LogP contribution in [0.2, 0.25) is 0 Å². The van der Waals surface area contributed by atoms with Gasteiger partial charge >= 0.3 is 0 Å². The molecule has 2 rings (SSSR count). The van der Waals surface area contributed by atoms with Gasteiger partial charge < -0.3 is 10.1 Å². The third-order valence-corrected chi connectivity index (χ3v) is 5.00. The Kier molecular flexibility index (Phi) is 5.39. The van der Waals surface area contributed by atoms with E-state index in [1.54, 1.807) is 7.11 Å². The predicted molar refractivity (Wildman–Crippen MR) is 78.5 cm³/mol. The minimum absolute atomic E-state index is 0.627. The van der Waals surface area contributed by atoms with Gasteiger partial charge in [0.05, 0.1) is 7.11 Å². The summed E-state index contributed by atoms with van der Waals surface area (Å²) in [5.41, 5.74) is 0. The van der Waals surface area contributed by atoms with E-state index in [4.69, 9.17) is 4.74 Å². The molecule has 0 spiro atoms. The van der Waals surface area contributed by atoms with E-state index in [9.17, 15) is 0 Å². The number of methoxy groups -OCH3 is 1. The lowest BCUT2D eigenvalue weighted by molar-refractivity contribution is 0.402. The molecule has 0 amide bonds. The quantitative estimate of drug-likeness (QED) is 0.795. The van der Waals surface area contributed by atoms with E-state index in [1.165, 1.54) is 30.6 Å². The van der Waals surface area contributed by atoms with Crippen molar-refractivity contribution in [2.24, 2.45) is 5.92 Å². The van der Waals surface area contributed by atoms with Gasteiger partial charge in [0, 0.05) is 16.7 Å². The number of rotatable bonds is 6. The molecule has 18 heavy (non-hydrogen) atoms. The molecular weight excluding hydrogens is 242 g/mol. The van der Waals surface area contributed by atoms with Gasteiger partial charge in [0.15, 0.2) is 0 Å². The van der Waals surface area contributed by atoms with Crippen molar-refractivity contribution in [3.05, 3.63) is 24.3 Å². The molecule has 2 nitrogen and oxygen atoms in total. The van der Waals surface area contributed by atoms with Gasteiger partial charge in [-0.1, -0.05) is 25.0 Å². The third-order valence-electron chi connectivity index (χ3n) is 3.83. The van der Waals surface area contributed by atoms with Crippen LogP contribution in [0.25, 0.3) is 0 Å². The Bertz CT molecular complexity index is 363. The fourth-order valence-corrected chi connectivity index (χ4v) is 4.00. The maximum Gasteiger partial charge on any atom is 0.132 e.